The van der Waals surface area contributed by atoms with Gasteiger partial charge in [-0.1, -0.05) is 0 Å². The van der Waals surface area contributed by atoms with E-state index >= 15 is 0 Å². The van der Waals surface area contributed by atoms with Crippen molar-refractivity contribution in [1.82, 2.24) is 5.32 Å². The van der Waals surface area contributed by atoms with E-state index in [1.54, 1.807) is 0 Å². The van der Waals surface area contributed by atoms with Crippen LogP contribution >= 0.6 is 0 Å². The molecule has 0 amide bonds. The molecule has 0 radical (unpaired) electrons. The number of nitrogens with one attached hydrogen (secondary N) is 1. The molecule has 1 rings (SSSR count). The minimum atomic E-state index is -0.495. The Morgan fingerprint density at radius 2 is 2.00 bits per heavy atom. The molecule has 12 heavy (non-hydrogen) atoms. The SMILES string of the molecule is CC(C)(C)OCCC1(O)CNC1. The molecule has 0 unspecified atom stereocenters. The minimum absolute atomic E-state index is 0.0897. The molecule has 3 nitrogen and oxygen atoms in total. The third-order valence-electron chi connectivity index (χ3n) is 2.01. The molecule has 3 heteroatoms. The molecule has 0 spiro atoms. The van der Waals surface area contributed by atoms with Crippen LogP contribution < -0.4 is 5.32 Å². The molecular weight excluding hydrogens is 154 g/mol. The summed E-state index contributed by atoms with van der Waals surface area (Å²) in [7, 11) is 0. The molecule has 1 aliphatic heterocycles. The van der Waals surface area contributed by atoms with Gasteiger partial charge in [0, 0.05) is 19.5 Å². The second-order valence-corrected chi connectivity index (χ2v) is 4.54. The summed E-state index contributed by atoms with van der Waals surface area (Å²) in [5.74, 6) is 0. The lowest BCUT2D eigenvalue weighted by molar-refractivity contribution is -0.0678. The topological polar surface area (TPSA) is 41.5 Å². The summed E-state index contributed by atoms with van der Waals surface area (Å²) in [5.41, 5.74) is -0.585. The van der Waals surface area contributed by atoms with Crippen LogP contribution in [-0.2, 0) is 4.74 Å². The zero-order chi connectivity index (χ0) is 9.24. The summed E-state index contributed by atoms with van der Waals surface area (Å²) in [6, 6.07) is 0. The fourth-order valence-electron chi connectivity index (χ4n) is 1.14. The van der Waals surface area contributed by atoms with Gasteiger partial charge >= 0.3 is 0 Å². The Bertz CT molecular complexity index is 147. The highest BCUT2D eigenvalue weighted by atomic mass is 16.5. The minimum Gasteiger partial charge on any atom is -0.387 e. The summed E-state index contributed by atoms with van der Waals surface area (Å²) < 4.78 is 5.51. The number of aliphatic hydroxyl groups is 1. The summed E-state index contributed by atoms with van der Waals surface area (Å²) in [6.45, 7) is 8.13. The molecule has 0 aliphatic carbocycles. The van der Waals surface area contributed by atoms with Crippen molar-refractivity contribution in [3.8, 4) is 0 Å². The lowest BCUT2D eigenvalue weighted by Gasteiger charge is -2.38. The van der Waals surface area contributed by atoms with Crippen LogP contribution in [0.25, 0.3) is 0 Å². The lowest BCUT2D eigenvalue weighted by atomic mass is 9.94. The van der Waals surface area contributed by atoms with Crippen molar-refractivity contribution in [3.63, 3.8) is 0 Å². The average Bonchev–Trinajstić information content (AvgIpc) is 1.81. The second-order valence-electron chi connectivity index (χ2n) is 4.54. The van der Waals surface area contributed by atoms with Crippen molar-refractivity contribution < 1.29 is 9.84 Å². The van der Waals surface area contributed by atoms with Crippen LogP contribution in [0.2, 0.25) is 0 Å². The molecule has 0 aromatic carbocycles. The maximum Gasteiger partial charge on any atom is 0.0917 e. The van der Waals surface area contributed by atoms with Crippen molar-refractivity contribution in [1.29, 1.82) is 0 Å². The Morgan fingerprint density at radius 3 is 2.33 bits per heavy atom. The first kappa shape index (κ1) is 9.96. The van der Waals surface area contributed by atoms with Crippen molar-refractivity contribution in [3.05, 3.63) is 0 Å². The van der Waals surface area contributed by atoms with Gasteiger partial charge in [0.1, 0.15) is 0 Å². The summed E-state index contributed by atoms with van der Waals surface area (Å²) >= 11 is 0. The van der Waals surface area contributed by atoms with E-state index in [-0.39, 0.29) is 5.60 Å². The van der Waals surface area contributed by atoms with Crippen molar-refractivity contribution in [2.45, 2.75) is 38.4 Å². The first-order valence-electron chi connectivity index (χ1n) is 4.48. The van der Waals surface area contributed by atoms with Gasteiger partial charge in [-0.15, -0.1) is 0 Å². The largest absolute Gasteiger partial charge is 0.387 e. The third kappa shape index (κ3) is 3.09. The number of ether oxygens (including phenoxy) is 1. The summed E-state index contributed by atoms with van der Waals surface area (Å²) in [4.78, 5) is 0. The normalized spacial score (nSPS) is 22.0. The lowest BCUT2D eigenvalue weighted by Crippen LogP contribution is -2.59. The molecule has 1 heterocycles. The number of hydrogen-bond acceptors (Lipinski definition) is 3. The van der Waals surface area contributed by atoms with Crippen LogP contribution in [0.4, 0.5) is 0 Å². The van der Waals surface area contributed by atoms with E-state index in [1.165, 1.54) is 0 Å². The predicted octanol–water partition coefficient (Wildman–Crippen LogP) is 0.526. The van der Waals surface area contributed by atoms with E-state index in [0.717, 1.165) is 6.42 Å². The zero-order valence-electron chi connectivity index (χ0n) is 8.18. The Kier molecular flexibility index (Phi) is 2.76. The van der Waals surface area contributed by atoms with E-state index in [0.29, 0.717) is 19.7 Å². The molecule has 1 aliphatic rings. The van der Waals surface area contributed by atoms with E-state index in [4.69, 9.17) is 4.74 Å². The molecular formula is C9H19NO2. The van der Waals surface area contributed by atoms with Crippen molar-refractivity contribution in [2.75, 3.05) is 19.7 Å². The van der Waals surface area contributed by atoms with E-state index in [1.807, 2.05) is 20.8 Å². The molecule has 72 valence electrons. The van der Waals surface area contributed by atoms with E-state index < -0.39 is 5.60 Å². The maximum absolute atomic E-state index is 9.66. The molecule has 1 saturated heterocycles. The fourth-order valence-corrected chi connectivity index (χ4v) is 1.14. The van der Waals surface area contributed by atoms with Gasteiger partial charge in [0.05, 0.1) is 17.8 Å². The average molecular weight is 173 g/mol. The van der Waals surface area contributed by atoms with Gasteiger partial charge < -0.3 is 15.2 Å². The van der Waals surface area contributed by atoms with Crippen LogP contribution in [0.15, 0.2) is 0 Å². The molecule has 0 aromatic rings. The van der Waals surface area contributed by atoms with Crippen LogP contribution in [-0.4, -0.2) is 36.0 Å². The molecule has 1 fully saturated rings. The number of β-amino-alcohol motifs (C(OH)–C–C–N with tert-alkyl or cyclic N) is 1. The third-order valence-corrected chi connectivity index (χ3v) is 2.01. The molecule has 0 atom stereocenters. The van der Waals surface area contributed by atoms with Crippen LogP contribution in [0, 0.1) is 0 Å². The molecule has 0 bridgehead atoms. The Balaban J connectivity index is 2.10. The first-order valence-corrected chi connectivity index (χ1v) is 4.48. The highest BCUT2D eigenvalue weighted by Crippen LogP contribution is 2.17. The van der Waals surface area contributed by atoms with Crippen molar-refractivity contribution in [2.24, 2.45) is 0 Å². The van der Waals surface area contributed by atoms with Crippen LogP contribution in [0.5, 0.6) is 0 Å². The molecule has 0 aromatic heterocycles. The smallest absolute Gasteiger partial charge is 0.0917 e. The van der Waals surface area contributed by atoms with Gasteiger partial charge in [0.2, 0.25) is 0 Å². The van der Waals surface area contributed by atoms with Crippen LogP contribution in [0.1, 0.15) is 27.2 Å². The number of hydrogen-bond donors (Lipinski definition) is 2. The Morgan fingerprint density at radius 1 is 1.42 bits per heavy atom. The highest BCUT2D eigenvalue weighted by molar-refractivity contribution is 4.92. The van der Waals surface area contributed by atoms with Gasteiger partial charge in [0.15, 0.2) is 0 Å². The predicted molar refractivity (Wildman–Crippen MR) is 48.1 cm³/mol. The maximum atomic E-state index is 9.66. The Labute approximate surface area is 74.1 Å². The van der Waals surface area contributed by atoms with Gasteiger partial charge in [0.25, 0.3) is 0 Å². The standard InChI is InChI=1S/C9H19NO2/c1-8(2,3)12-5-4-9(11)6-10-7-9/h10-11H,4-7H2,1-3H3. The zero-order valence-corrected chi connectivity index (χ0v) is 8.18. The second kappa shape index (κ2) is 3.32. The van der Waals surface area contributed by atoms with Crippen molar-refractivity contribution >= 4 is 0 Å². The monoisotopic (exact) mass is 173 g/mol. The van der Waals surface area contributed by atoms with Crippen LogP contribution in [0.3, 0.4) is 0 Å². The highest BCUT2D eigenvalue weighted by Gasteiger charge is 2.33. The Hall–Kier alpha value is -0.120. The van der Waals surface area contributed by atoms with Gasteiger partial charge in [-0.05, 0) is 20.8 Å². The van der Waals surface area contributed by atoms with E-state index in [2.05, 4.69) is 5.32 Å². The quantitative estimate of drug-likeness (QED) is 0.654. The fraction of sp³-hybridized carbons (Fsp3) is 1.00. The van der Waals surface area contributed by atoms with Gasteiger partial charge in [-0.3, -0.25) is 0 Å². The summed E-state index contributed by atoms with van der Waals surface area (Å²) in [5, 5.41) is 12.7. The van der Waals surface area contributed by atoms with Gasteiger partial charge in [-0.2, -0.15) is 0 Å². The van der Waals surface area contributed by atoms with Gasteiger partial charge in [-0.25, -0.2) is 0 Å². The molecule has 0 saturated carbocycles. The number of rotatable bonds is 3. The summed E-state index contributed by atoms with van der Waals surface area (Å²) in [6.07, 6.45) is 0.733. The first-order chi connectivity index (χ1) is 5.41. The van der Waals surface area contributed by atoms with E-state index in [9.17, 15) is 5.11 Å². The molecule has 2 N–H and O–H groups in total.